The zero-order valence-electron chi connectivity index (χ0n) is 13.3. The summed E-state index contributed by atoms with van der Waals surface area (Å²) in [6, 6.07) is 2.21. The maximum atomic E-state index is 12.4. The molecule has 116 valence electrons. The molecule has 1 aromatic rings. The minimum atomic E-state index is 0.0432. The molecule has 5 nitrogen and oxygen atoms in total. The third-order valence-corrected chi connectivity index (χ3v) is 4.23. The van der Waals surface area contributed by atoms with Gasteiger partial charge in [0.25, 0.3) is 5.91 Å². The molecule has 0 aromatic carbocycles. The normalized spacial score (nSPS) is 15.8. The van der Waals surface area contributed by atoms with Crippen molar-refractivity contribution in [3.8, 4) is 5.88 Å². The Hall–Kier alpha value is -1.65. The van der Waals surface area contributed by atoms with Crippen molar-refractivity contribution in [2.45, 2.75) is 58.9 Å². The number of likely N-dealkylation sites (N-methyl/N-ethyl adjacent to an activating group) is 1. The Morgan fingerprint density at radius 3 is 2.62 bits per heavy atom. The summed E-state index contributed by atoms with van der Waals surface area (Å²) in [7, 11) is 0. The van der Waals surface area contributed by atoms with Crippen molar-refractivity contribution in [3.63, 3.8) is 0 Å². The molecule has 1 aliphatic rings. The van der Waals surface area contributed by atoms with Crippen LogP contribution in [0.5, 0.6) is 5.88 Å². The molecule has 5 heteroatoms. The molecular weight excluding hydrogens is 266 g/mol. The second-order valence-electron chi connectivity index (χ2n) is 5.71. The van der Waals surface area contributed by atoms with E-state index in [0.29, 0.717) is 11.9 Å². The van der Waals surface area contributed by atoms with Crippen LogP contribution in [0.1, 0.15) is 50.3 Å². The third-order valence-electron chi connectivity index (χ3n) is 4.23. The maximum Gasteiger partial charge on any atom is 0.260 e. The molecule has 1 aromatic heterocycles. The van der Waals surface area contributed by atoms with Crippen LogP contribution in [0.2, 0.25) is 0 Å². The minimum Gasteiger partial charge on any atom is -0.466 e. The van der Waals surface area contributed by atoms with Gasteiger partial charge in [0.05, 0.1) is 5.69 Å². The number of carbonyl (C=O) groups is 1. The van der Waals surface area contributed by atoms with Crippen molar-refractivity contribution < 1.29 is 9.53 Å². The average Bonchev–Trinajstić information content (AvgIpc) is 2.50. The van der Waals surface area contributed by atoms with Gasteiger partial charge in [-0.25, -0.2) is 0 Å². The van der Waals surface area contributed by atoms with Gasteiger partial charge in [0.2, 0.25) is 5.88 Å². The summed E-state index contributed by atoms with van der Waals surface area (Å²) in [5.41, 5.74) is 1.90. The number of aryl methyl sites for hydroxylation is 2. The van der Waals surface area contributed by atoms with E-state index < -0.39 is 0 Å². The van der Waals surface area contributed by atoms with E-state index in [9.17, 15) is 4.79 Å². The summed E-state index contributed by atoms with van der Waals surface area (Å²) in [5, 5.41) is 7.98. The van der Waals surface area contributed by atoms with Crippen LogP contribution in [0.4, 0.5) is 0 Å². The van der Waals surface area contributed by atoms with Crippen LogP contribution in [-0.4, -0.2) is 40.2 Å². The lowest BCUT2D eigenvalue weighted by atomic mass is 9.94. The fourth-order valence-corrected chi connectivity index (χ4v) is 2.84. The molecule has 0 spiro atoms. The number of aromatic nitrogens is 2. The Labute approximate surface area is 126 Å². The summed E-state index contributed by atoms with van der Waals surface area (Å²) in [6.45, 7) is 6.67. The van der Waals surface area contributed by atoms with Crippen molar-refractivity contribution >= 4 is 5.91 Å². The highest BCUT2D eigenvalue weighted by Gasteiger charge is 2.24. The topological polar surface area (TPSA) is 55.3 Å². The van der Waals surface area contributed by atoms with Gasteiger partial charge in [0.1, 0.15) is 0 Å². The van der Waals surface area contributed by atoms with Crippen LogP contribution in [0.15, 0.2) is 6.07 Å². The van der Waals surface area contributed by atoms with Crippen LogP contribution in [-0.2, 0) is 4.79 Å². The van der Waals surface area contributed by atoms with Gasteiger partial charge in [-0.2, -0.15) is 5.10 Å². The standard InChI is InChI=1S/C16H25N3O2/c1-4-19(14-8-6-5-7-9-14)16(20)11-21-15-10-12(2)13(3)17-18-15/h10,14H,4-9,11H2,1-3H3. The number of nitrogens with zero attached hydrogens (tertiary/aromatic N) is 3. The Bertz CT molecular complexity index is 484. The fraction of sp³-hybridized carbons (Fsp3) is 0.688. The molecule has 1 aliphatic carbocycles. The van der Waals surface area contributed by atoms with E-state index >= 15 is 0 Å². The molecular formula is C16H25N3O2. The van der Waals surface area contributed by atoms with Crippen molar-refractivity contribution in [2.24, 2.45) is 0 Å². The average molecular weight is 291 g/mol. The first-order chi connectivity index (χ1) is 10.1. The van der Waals surface area contributed by atoms with E-state index in [2.05, 4.69) is 10.2 Å². The highest BCUT2D eigenvalue weighted by molar-refractivity contribution is 5.78. The number of ether oxygens (including phenoxy) is 1. The van der Waals surface area contributed by atoms with E-state index in [1.54, 1.807) is 0 Å². The van der Waals surface area contributed by atoms with E-state index in [4.69, 9.17) is 4.74 Å². The fourth-order valence-electron chi connectivity index (χ4n) is 2.84. The molecule has 0 bridgehead atoms. The largest absolute Gasteiger partial charge is 0.466 e. The lowest BCUT2D eigenvalue weighted by Crippen LogP contribution is -2.43. The van der Waals surface area contributed by atoms with Gasteiger partial charge in [-0.15, -0.1) is 5.10 Å². The number of rotatable bonds is 5. The van der Waals surface area contributed by atoms with Gasteiger partial charge in [-0.05, 0) is 39.2 Å². The highest BCUT2D eigenvalue weighted by atomic mass is 16.5. The summed E-state index contributed by atoms with van der Waals surface area (Å²) in [5.74, 6) is 0.468. The summed E-state index contributed by atoms with van der Waals surface area (Å²) < 4.78 is 5.51. The molecule has 0 unspecified atom stereocenters. The number of hydrogen-bond acceptors (Lipinski definition) is 4. The van der Waals surface area contributed by atoms with E-state index in [1.165, 1.54) is 19.3 Å². The van der Waals surface area contributed by atoms with Crippen LogP contribution in [0, 0.1) is 13.8 Å². The van der Waals surface area contributed by atoms with E-state index in [0.717, 1.165) is 30.6 Å². The van der Waals surface area contributed by atoms with Crippen molar-refractivity contribution in [1.82, 2.24) is 15.1 Å². The SMILES string of the molecule is CCN(C(=O)COc1cc(C)c(C)nn1)C1CCCCC1. The summed E-state index contributed by atoms with van der Waals surface area (Å²) in [6.07, 6.45) is 5.96. The van der Waals surface area contributed by atoms with Gasteiger partial charge >= 0.3 is 0 Å². The number of carbonyl (C=O) groups excluding carboxylic acids is 1. The molecule has 0 radical (unpaired) electrons. The zero-order valence-corrected chi connectivity index (χ0v) is 13.3. The Morgan fingerprint density at radius 1 is 1.29 bits per heavy atom. The highest BCUT2D eigenvalue weighted by Crippen LogP contribution is 2.22. The van der Waals surface area contributed by atoms with Crippen LogP contribution >= 0.6 is 0 Å². The van der Waals surface area contributed by atoms with Gasteiger partial charge in [-0.3, -0.25) is 4.79 Å². The van der Waals surface area contributed by atoms with Crippen LogP contribution in [0.25, 0.3) is 0 Å². The van der Waals surface area contributed by atoms with Crippen LogP contribution < -0.4 is 4.74 Å². The molecule has 21 heavy (non-hydrogen) atoms. The van der Waals surface area contributed by atoms with Crippen LogP contribution in [0.3, 0.4) is 0 Å². The Kier molecular flexibility index (Phi) is 5.53. The van der Waals surface area contributed by atoms with Crippen molar-refractivity contribution in [1.29, 1.82) is 0 Å². The van der Waals surface area contributed by atoms with Gasteiger partial charge in [-0.1, -0.05) is 19.3 Å². The molecule has 1 heterocycles. The van der Waals surface area contributed by atoms with Crippen molar-refractivity contribution in [2.75, 3.05) is 13.2 Å². The molecule has 2 rings (SSSR count). The van der Waals surface area contributed by atoms with Gasteiger partial charge in [0, 0.05) is 18.7 Å². The monoisotopic (exact) mass is 291 g/mol. The molecule has 1 saturated carbocycles. The molecule has 1 fully saturated rings. The Balaban J connectivity index is 1.91. The summed E-state index contributed by atoms with van der Waals surface area (Å²) >= 11 is 0. The molecule has 1 amide bonds. The quantitative estimate of drug-likeness (QED) is 0.837. The van der Waals surface area contributed by atoms with Gasteiger partial charge < -0.3 is 9.64 Å². The third kappa shape index (κ3) is 4.16. The van der Waals surface area contributed by atoms with Crippen molar-refractivity contribution in [3.05, 3.63) is 17.3 Å². The molecule has 0 saturated heterocycles. The minimum absolute atomic E-state index is 0.0432. The lowest BCUT2D eigenvalue weighted by Gasteiger charge is -2.33. The molecule has 0 N–H and O–H groups in total. The van der Waals surface area contributed by atoms with E-state index in [-0.39, 0.29) is 12.5 Å². The second kappa shape index (κ2) is 7.38. The van der Waals surface area contributed by atoms with E-state index in [1.807, 2.05) is 31.7 Å². The predicted molar refractivity (Wildman–Crippen MR) is 81.3 cm³/mol. The molecule has 0 atom stereocenters. The second-order valence-corrected chi connectivity index (χ2v) is 5.71. The Morgan fingerprint density at radius 2 is 2.00 bits per heavy atom. The predicted octanol–water partition coefficient (Wildman–Crippen LogP) is 2.65. The first-order valence-electron chi connectivity index (χ1n) is 7.85. The number of hydrogen-bond donors (Lipinski definition) is 0. The smallest absolute Gasteiger partial charge is 0.260 e. The number of amides is 1. The lowest BCUT2D eigenvalue weighted by molar-refractivity contribution is -0.136. The van der Waals surface area contributed by atoms with Gasteiger partial charge in [0.15, 0.2) is 6.61 Å². The first kappa shape index (κ1) is 15.7. The maximum absolute atomic E-state index is 12.4. The zero-order chi connectivity index (χ0) is 15.2. The first-order valence-corrected chi connectivity index (χ1v) is 7.85. The summed E-state index contributed by atoms with van der Waals surface area (Å²) in [4.78, 5) is 14.3. The molecule has 0 aliphatic heterocycles.